The zero-order valence-electron chi connectivity index (χ0n) is 11.8. The van der Waals surface area contributed by atoms with Gasteiger partial charge in [0.1, 0.15) is 11.5 Å². The van der Waals surface area contributed by atoms with Gasteiger partial charge in [-0.2, -0.15) is 0 Å². The predicted molar refractivity (Wildman–Crippen MR) is 73.0 cm³/mol. The molecule has 1 rings (SSSR count). The van der Waals surface area contributed by atoms with Crippen molar-refractivity contribution in [3.05, 3.63) is 23.2 Å². The topological polar surface area (TPSA) is 39.2 Å². The molecule has 2 heteroatoms. The van der Waals surface area contributed by atoms with E-state index in [0.29, 0.717) is 0 Å². The fraction of sp³-hybridized carbons (Fsp3) is 0.733. The second-order valence-corrected chi connectivity index (χ2v) is 5.13. The Morgan fingerprint density at radius 1 is 1.29 bits per heavy atom. The highest BCUT2D eigenvalue weighted by Crippen LogP contribution is 2.28. The molecule has 0 saturated heterocycles. The number of furan rings is 1. The van der Waals surface area contributed by atoms with Gasteiger partial charge >= 0.3 is 0 Å². The van der Waals surface area contributed by atoms with Crippen LogP contribution in [0.25, 0.3) is 0 Å². The van der Waals surface area contributed by atoms with E-state index in [4.69, 9.17) is 10.2 Å². The molecule has 2 nitrogen and oxygen atoms in total. The van der Waals surface area contributed by atoms with E-state index >= 15 is 0 Å². The van der Waals surface area contributed by atoms with Crippen LogP contribution in [0.15, 0.2) is 10.5 Å². The molecule has 0 aliphatic rings. The largest absolute Gasteiger partial charge is 0.466 e. The maximum absolute atomic E-state index is 6.30. The highest BCUT2D eigenvalue weighted by atomic mass is 16.3. The molecule has 17 heavy (non-hydrogen) atoms. The molecule has 1 aromatic heterocycles. The molecule has 2 atom stereocenters. The minimum atomic E-state index is 0.134. The molecule has 0 aliphatic carbocycles. The van der Waals surface area contributed by atoms with E-state index in [9.17, 15) is 0 Å². The van der Waals surface area contributed by atoms with E-state index in [1.807, 2.05) is 13.8 Å². The fourth-order valence-corrected chi connectivity index (χ4v) is 2.49. The third kappa shape index (κ3) is 4.19. The summed E-state index contributed by atoms with van der Waals surface area (Å²) in [6.45, 7) is 8.50. The summed E-state index contributed by atoms with van der Waals surface area (Å²) in [6, 6.07) is 2.22. The Bertz CT molecular complexity index is 330. The van der Waals surface area contributed by atoms with Crippen LogP contribution in [0.1, 0.15) is 69.1 Å². The molecule has 0 saturated carbocycles. The summed E-state index contributed by atoms with van der Waals surface area (Å²) in [5.74, 6) is 2.70. The number of hydrogen-bond acceptors (Lipinski definition) is 2. The zero-order chi connectivity index (χ0) is 12.8. The second-order valence-electron chi connectivity index (χ2n) is 5.13. The van der Waals surface area contributed by atoms with Gasteiger partial charge < -0.3 is 10.2 Å². The molecule has 2 N–H and O–H groups in total. The van der Waals surface area contributed by atoms with Crippen molar-refractivity contribution in [2.45, 2.75) is 65.8 Å². The molecule has 0 bridgehead atoms. The molecule has 0 radical (unpaired) electrons. The van der Waals surface area contributed by atoms with Crippen LogP contribution in [0.4, 0.5) is 0 Å². The van der Waals surface area contributed by atoms with E-state index < -0.39 is 0 Å². The molecule has 0 aliphatic heterocycles. The third-order valence-electron chi connectivity index (χ3n) is 3.61. The summed E-state index contributed by atoms with van der Waals surface area (Å²) in [7, 11) is 0. The lowest BCUT2D eigenvalue weighted by atomic mass is 9.90. The van der Waals surface area contributed by atoms with Crippen molar-refractivity contribution >= 4 is 0 Å². The normalized spacial score (nSPS) is 14.9. The van der Waals surface area contributed by atoms with Crippen LogP contribution in [0, 0.1) is 19.8 Å². The molecule has 0 spiro atoms. The van der Waals surface area contributed by atoms with Crippen LogP contribution in [0.3, 0.4) is 0 Å². The van der Waals surface area contributed by atoms with Gasteiger partial charge in [-0.15, -0.1) is 0 Å². The van der Waals surface area contributed by atoms with Gasteiger partial charge in [0.25, 0.3) is 0 Å². The Hall–Kier alpha value is -0.760. The zero-order valence-corrected chi connectivity index (χ0v) is 11.8. The lowest BCUT2D eigenvalue weighted by molar-refractivity contribution is 0.385. The van der Waals surface area contributed by atoms with Gasteiger partial charge in [-0.05, 0) is 32.3 Å². The van der Waals surface area contributed by atoms with Crippen LogP contribution in [0.5, 0.6) is 0 Å². The number of unbranched alkanes of at least 4 members (excludes halogenated alkanes) is 1. The predicted octanol–water partition coefficient (Wildman–Crippen LogP) is 4.50. The number of rotatable bonds is 7. The van der Waals surface area contributed by atoms with Gasteiger partial charge in [0.2, 0.25) is 0 Å². The van der Waals surface area contributed by atoms with Gasteiger partial charge in [-0.1, -0.05) is 39.5 Å². The van der Waals surface area contributed by atoms with Gasteiger partial charge in [0, 0.05) is 11.6 Å². The summed E-state index contributed by atoms with van der Waals surface area (Å²) in [4.78, 5) is 0. The summed E-state index contributed by atoms with van der Waals surface area (Å²) in [6.07, 6.45) is 6.20. The van der Waals surface area contributed by atoms with Crippen molar-refractivity contribution in [1.29, 1.82) is 0 Å². The first-order chi connectivity index (χ1) is 8.08. The first-order valence-corrected chi connectivity index (χ1v) is 6.90. The van der Waals surface area contributed by atoms with E-state index in [1.165, 1.54) is 31.2 Å². The highest BCUT2D eigenvalue weighted by molar-refractivity contribution is 5.23. The molecule has 0 fully saturated rings. The summed E-state index contributed by atoms with van der Waals surface area (Å²) >= 11 is 0. The standard InChI is InChI=1S/C15H27NO/c1-5-7-8-13(6-2)10-15(16)14-9-11(3)17-12(14)4/h9,13,15H,5-8,10,16H2,1-4H3. The van der Waals surface area contributed by atoms with E-state index in [2.05, 4.69) is 19.9 Å². The number of aryl methyl sites for hydroxylation is 2. The molecular formula is C15H27NO. The quantitative estimate of drug-likeness (QED) is 0.758. The number of nitrogens with two attached hydrogens (primary N) is 1. The molecule has 0 aromatic carbocycles. The van der Waals surface area contributed by atoms with E-state index in [-0.39, 0.29) is 6.04 Å². The summed E-state index contributed by atoms with van der Waals surface area (Å²) in [5.41, 5.74) is 7.49. The molecule has 2 unspecified atom stereocenters. The maximum atomic E-state index is 6.30. The minimum Gasteiger partial charge on any atom is -0.466 e. The third-order valence-corrected chi connectivity index (χ3v) is 3.61. The van der Waals surface area contributed by atoms with Gasteiger partial charge in [-0.3, -0.25) is 0 Å². The van der Waals surface area contributed by atoms with Crippen LogP contribution >= 0.6 is 0 Å². The van der Waals surface area contributed by atoms with Crippen molar-refractivity contribution in [2.24, 2.45) is 11.7 Å². The molecule has 98 valence electrons. The van der Waals surface area contributed by atoms with Crippen molar-refractivity contribution in [2.75, 3.05) is 0 Å². The Morgan fingerprint density at radius 2 is 2.00 bits per heavy atom. The van der Waals surface area contributed by atoms with Crippen molar-refractivity contribution in [3.8, 4) is 0 Å². The van der Waals surface area contributed by atoms with Crippen molar-refractivity contribution in [1.82, 2.24) is 0 Å². The Kier molecular flexibility index (Phi) is 5.76. The average Bonchev–Trinajstić information content (AvgIpc) is 2.63. The van der Waals surface area contributed by atoms with E-state index in [1.54, 1.807) is 0 Å². The highest BCUT2D eigenvalue weighted by Gasteiger charge is 2.17. The maximum Gasteiger partial charge on any atom is 0.105 e. The van der Waals surface area contributed by atoms with Crippen LogP contribution in [0.2, 0.25) is 0 Å². The summed E-state index contributed by atoms with van der Waals surface area (Å²) < 4.78 is 5.55. The lowest BCUT2D eigenvalue weighted by Crippen LogP contribution is -2.15. The van der Waals surface area contributed by atoms with Gasteiger partial charge in [0.05, 0.1) is 0 Å². The Morgan fingerprint density at radius 3 is 2.47 bits per heavy atom. The monoisotopic (exact) mass is 237 g/mol. The van der Waals surface area contributed by atoms with Gasteiger partial charge in [0.15, 0.2) is 0 Å². The average molecular weight is 237 g/mol. The lowest BCUT2D eigenvalue weighted by Gasteiger charge is -2.19. The summed E-state index contributed by atoms with van der Waals surface area (Å²) in [5, 5.41) is 0. The fourth-order valence-electron chi connectivity index (χ4n) is 2.49. The van der Waals surface area contributed by atoms with Crippen LogP contribution in [-0.2, 0) is 0 Å². The first-order valence-electron chi connectivity index (χ1n) is 6.90. The van der Waals surface area contributed by atoms with Crippen molar-refractivity contribution in [3.63, 3.8) is 0 Å². The molecule has 1 aromatic rings. The smallest absolute Gasteiger partial charge is 0.105 e. The molecular weight excluding hydrogens is 210 g/mol. The van der Waals surface area contributed by atoms with Crippen LogP contribution < -0.4 is 5.73 Å². The number of hydrogen-bond donors (Lipinski definition) is 1. The molecule has 1 heterocycles. The minimum absolute atomic E-state index is 0.134. The Balaban J connectivity index is 2.57. The van der Waals surface area contributed by atoms with Crippen molar-refractivity contribution < 1.29 is 4.42 Å². The van der Waals surface area contributed by atoms with Gasteiger partial charge in [-0.25, -0.2) is 0 Å². The Labute approximate surface area is 106 Å². The second kappa shape index (κ2) is 6.85. The first kappa shape index (κ1) is 14.3. The van der Waals surface area contributed by atoms with Crippen LogP contribution in [-0.4, -0.2) is 0 Å². The molecule has 0 amide bonds. The van der Waals surface area contributed by atoms with E-state index in [0.717, 1.165) is 23.9 Å². The SMILES string of the molecule is CCCCC(CC)CC(N)c1cc(C)oc1C.